The number of likely N-dealkylation sites (N-methyl/N-ethyl adjacent to an activating group) is 1. The van der Waals surface area contributed by atoms with Gasteiger partial charge in [-0.2, -0.15) is 4.98 Å². The first-order valence-corrected chi connectivity index (χ1v) is 6.95. The van der Waals surface area contributed by atoms with Gasteiger partial charge in [-0.25, -0.2) is 4.98 Å². The highest BCUT2D eigenvalue weighted by molar-refractivity contribution is 7.18. The Morgan fingerprint density at radius 1 is 1.37 bits per heavy atom. The molecule has 0 spiro atoms. The summed E-state index contributed by atoms with van der Waals surface area (Å²) in [4.78, 5) is 12.6. The summed E-state index contributed by atoms with van der Waals surface area (Å²) in [5, 5.41) is 0.936. The predicted octanol–water partition coefficient (Wildman–Crippen LogP) is 2.30. The molecule has 2 rings (SSSR count). The number of aryl methyl sites for hydroxylation is 1. The molecule has 0 aliphatic carbocycles. The maximum Gasteiger partial charge on any atom is 0.227 e. The number of fused-ring (bicyclic) bond motifs is 1. The number of anilines is 1. The van der Waals surface area contributed by atoms with E-state index in [-0.39, 0.29) is 11.5 Å². The van der Waals surface area contributed by atoms with Crippen LogP contribution in [0.1, 0.15) is 18.7 Å². The van der Waals surface area contributed by atoms with E-state index in [1.165, 1.54) is 4.88 Å². The molecule has 2 N–H and O–H groups in total. The Labute approximate surface area is 117 Å². The summed E-state index contributed by atoms with van der Waals surface area (Å²) < 4.78 is 5.87. The lowest BCUT2D eigenvalue weighted by atomic mass is 10.1. The lowest BCUT2D eigenvalue weighted by Crippen LogP contribution is -2.43. The second-order valence-corrected chi connectivity index (χ2v) is 6.69. The molecule has 0 aliphatic heterocycles. The third kappa shape index (κ3) is 2.96. The van der Waals surface area contributed by atoms with E-state index < -0.39 is 0 Å². The van der Waals surface area contributed by atoms with Crippen molar-refractivity contribution in [1.82, 2.24) is 14.9 Å². The lowest BCUT2D eigenvalue weighted by Gasteiger charge is -2.31. The van der Waals surface area contributed by atoms with Crippen LogP contribution in [0.5, 0.6) is 5.88 Å². The second-order valence-electron chi connectivity index (χ2n) is 5.46. The van der Waals surface area contributed by atoms with E-state index in [4.69, 9.17) is 10.5 Å². The third-order valence-electron chi connectivity index (χ3n) is 3.27. The molecule has 2 aromatic rings. The van der Waals surface area contributed by atoms with Gasteiger partial charge in [0.2, 0.25) is 11.8 Å². The molecular formula is C13H20N4OS. The van der Waals surface area contributed by atoms with Crippen LogP contribution in [0.15, 0.2) is 6.07 Å². The van der Waals surface area contributed by atoms with Crippen molar-refractivity contribution in [3.63, 3.8) is 0 Å². The molecular weight excluding hydrogens is 260 g/mol. The zero-order valence-electron chi connectivity index (χ0n) is 12.0. The molecule has 0 saturated heterocycles. The maximum absolute atomic E-state index is 5.87. The number of nitrogens with two attached hydrogens (primary N) is 1. The van der Waals surface area contributed by atoms with Gasteiger partial charge in [-0.05, 0) is 40.9 Å². The van der Waals surface area contributed by atoms with Gasteiger partial charge in [0.05, 0.1) is 5.39 Å². The van der Waals surface area contributed by atoms with Crippen molar-refractivity contribution in [2.24, 2.45) is 0 Å². The van der Waals surface area contributed by atoms with E-state index in [1.807, 2.05) is 27.1 Å². The molecule has 0 aliphatic rings. The molecule has 0 saturated carbocycles. The van der Waals surface area contributed by atoms with Crippen molar-refractivity contribution < 1.29 is 4.74 Å². The molecule has 2 heterocycles. The Hall–Kier alpha value is -1.40. The van der Waals surface area contributed by atoms with Crippen LogP contribution in [0.25, 0.3) is 10.2 Å². The fourth-order valence-corrected chi connectivity index (χ4v) is 2.39. The molecule has 104 valence electrons. The first-order chi connectivity index (χ1) is 8.79. The number of aromatic nitrogens is 2. The van der Waals surface area contributed by atoms with Crippen molar-refractivity contribution in [2.75, 3.05) is 26.4 Å². The highest BCUT2D eigenvalue weighted by atomic mass is 32.1. The Morgan fingerprint density at radius 2 is 2.05 bits per heavy atom. The van der Waals surface area contributed by atoms with Crippen LogP contribution in [0.4, 0.5) is 5.95 Å². The van der Waals surface area contributed by atoms with E-state index in [0.717, 1.165) is 10.2 Å². The molecule has 0 fully saturated rings. The summed E-state index contributed by atoms with van der Waals surface area (Å²) in [6.07, 6.45) is 0. The van der Waals surface area contributed by atoms with Crippen LogP contribution in [0, 0.1) is 6.92 Å². The molecule has 5 nitrogen and oxygen atoms in total. The number of ether oxygens (including phenoxy) is 1. The molecule has 6 heteroatoms. The molecule has 0 atom stereocenters. The monoisotopic (exact) mass is 280 g/mol. The number of hydrogen-bond donors (Lipinski definition) is 1. The van der Waals surface area contributed by atoms with E-state index in [1.54, 1.807) is 11.3 Å². The molecule has 0 radical (unpaired) electrons. The fourth-order valence-electron chi connectivity index (χ4n) is 1.52. The zero-order chi connectivity index (χ0) is 14.2. The number of rotatable bonds is 4. The normalized spacial score (nSPS) is 12.3. The Bertz CT molecular complexity index is 592. The fraction of sp³-hybridized carbons (Fsp3) is 0.538. The van der Waals surface area contributed by atoms with Gasteiger partial charge in [0.1, 0.15) is 11.4 Å². The van der Waals surface area contributed by atoms with Crippen LogP contribution < -0.4 is 10.5 Å². The highest BCUT2D eigenvalue weighted by Crippen LogP contribution is 2.30. The molecule has 0 amide bonds. The molecule has 0 bridgehead atoms. The van der Waals surface area contributed by atoms with Crippen molar-refractivity contribution in [3.05, 3.63) is 10.9 Å². The van der Waals surface area contributed by atoms with Crippen molar-refractivity contribution in [3.8, 4) is 5.88 Å². The summed E-state index contributed by atoms with van der Waals surface area (Å²) in [5.74, 6) is 0.828. The third-order valence-corrected chi connectivity index (χ3v) is 4.22. The smallest absolute Gasteiger partial charge is 0.227 e. The minimum absolute atomic E-state index is 0.0723. The first kappa shape index (κ1) is 14.0. The average molecular weight is 280 g/mol. The van der Waals surface area contributed by atoms with E-state index in [9.17, 15) is 0 Å². The largest absolute Gasteiger partial charge is 0.475 e. The van der Waals surface area contributed by atoms with Crippen molar-refractivity contribution in [1.29, 1.82) is 0 Å². The van der Waals surface area contributed by atoms with Gasteiger partial charge in [0.25, 0.3) is 0 Å². The van der Waals surface area contributed by atoms with Crippen LogP contribution in [-0.4, -0.2) is 41.1 Å². The molecule has 2 aromatic heterocycles. The van der Waals surface area contributed by atoms with Crippen LogP contribution in [0.2, 0.25) is 0 Å². The van der Waals surface area contributed by atoms with Crippen LogP contribution >= 0.6 is 11.3 Å². The number of nitrogen functional groups attached to an aromatic ring is 1. The summed E-state index contributed by atoms with van der Waals surface area (Å²) in [6.45, 7) is 6.82. The van der Waals surface area contributed by atoms with E-state index in [0.29, 0.717) is 12.5 Å². The standard InChI is InChI=1S/C13H20N4OS/c1-8-6-9-10(15-12(14)16-11(9)19-8)18-7-13(2,3)17(4)5/h6H,7H2,1-5H3,(H2,14,15,16). The summed E-state index contributed by atoms with van der Waals surface area (Å²) >= 11 is 1.60. The van der Waals surface area contributed by atoms with Crippen molar-refractivity contribution >= 4 is 27.5 Å². The molecule has 19 heavy (non-hydrogen) atoms. The van der Waals surface area contributed by atoms with Gasteiger partial charge >= 0.3 is 0 Å². The summed E-state index contributed by atoms with van der Waals surface area (Å²) in [6, 6.07) is 2.04. The average Bonchev–Trinajstić information content (AvgIpc) is 2.66. The van der Waals surface area contributed by atoms with E-state index in [2.05, 4.69) is 28.7 Å². The van der Waals surface area contributed by atoms with Crippen LogP contribution in [0.3, 0.4) is 0 Å². The summed E-state index contributed by atoms with van der Waals surface area (Å²) in [7, 11) is 4.06. The van der Waals surface area contributed by atoms with Crippen molar-refractivity contribution in [2.45, 2.75) is 26.3 Å². The van der Waals surface area contributed by atoms with E-state index >= 15 is 0 Å². The van der Waals surface area contributed by atoms with Gasteiger partial charge in [-0.1, -0.05) is 0 Å². The Kier molecular flexibility index (Phi) is 3.64. The topological polar surface area (TPSA) is 64.3 Å². The number of thiophene rings is 1. The zero-order valence-corrected chi connectivity index (χ0v) is 12.8. The number of nitrogens with zero attached hydrogens (tertiary/aromatic N) is 3. The second kappa shape index (κ2) is 4.94. The number of hydrogen-bond acceptors (Lipinski definition) is 6. The Balaban J connectivity index is 2.30. The highest BCUT2D eigenvalue weighted by Gasteiger charge is 2.22. The minimum atomic E-state index is -0.0723. The quantitative estimate of drug-likeness (QED) is 0.931. The van der Waals surface area contributed by atoms with Gasteiger partial charge in [-0.15, -0.1) is 11.3 Å². The minimum Gasteiger partial charge on any atom is -0.475 e. The van der Waals surface area contributed by atoms with Gasteiger partial charge < -0.3 is 15.4 Å². The molecule has 0 unspecified atom stereocenters. The lowest BCUT2D eigenvalue weighted by molar-refractivity contribution is 0.112. The predicted molar refractivity (Wildman–Crippen MR) is 79.8 cm³/mol. The van der Waals surface area contributed by atoms with Gasteiger partial charge in [0, 0.05) is 10.4 Å². The first-order valence-electron chi connectivity index (χ1n) is 6.13. The van der Waals surface area contributed by atoms with Gasteiger partial charge in [0.15, 0.2) is 0 Å². The maximum atomic E-state index is 5.87. The van der Waals surface area contributed by atoms with Gasteiger partial charge in [-0.3, -0.25) is 0 Å². The molecule has 0 aromatic carbocycles. The Morgan fingerprint density at radius 3 is 2.68 bits per heavy atom. The van der Waals surface area contributed by atoms with Crippen LogP contribution in [-0.2, 0) is 0 Å². The SMILES string of the molecule is Cc1cc2c(OCC(C)(C)N(C)C)nc(N)nc2s1. The summed E-state index contributed by atoms with van der Waals surface area (Å²) in [5.41, 5.74) is 5.65.